The Bertz CT molecular complexity index is 169. The van der Waals surface area contributed by atoms with Crippen LogP contribution in [0.2, 0.25) is 0 Å². The van der Waals surface area contributed by atoms with Crippen molar-refractivity contribution >= 4 is 0 Å². The number of hydrogen-bond donors (Lipinski definition) is 1. The van der Waals surface area contributed by atoms with Gasteiger partial charge in [0.2, 0.25) is 0 Å². The van der Waals surface area contributed by atoms with Gasteiger partial charge in [-0.1, -0.05) is 6.42 Å². The summed E-state index contributed by atoms with van der Waals surface area (Å²) in [4.78, 5) is 2.51. The van der Waals surface area contributed by atoms with E-state index in [2.05, 4.69) is 4.90 Å². The maximum absolute atomic E-state index is 6.05. The molecule has 1 heterocycles. The topological polar surface area (TPSA) is 38.5 Å². The minimum absolute atomic E-state index is 0.482. The summed E-state index contributed by atoms with van der Waals surface area (Å²) in [5, 5.41) is 0. The van der Waals surface area contributed by atoms with Gasteiger partial charge >= 0.3 is 0 Å². The second-order valence-electron chi connectivity index (χ2n) is 4.60. The summed E-state index contributed by atoms with van der Waals surface area (Å²) in [7, 11) is 0. The van der Waals surface area contributed by atoms with Gasteiger partial charge in [-0.05, 0) is 31.7 Å². The van der Waals surface area contributed by atoms with Crippen LogP contribution in [0.4, 0.5) is 0 Å². The Hall–Kier alpha value is -0.120. The van der Waals surface area contributed by atoms with Crippen molar-refractivity contribution in [3.05, 3.63) is 0 Å². The lowest BCUT2D eigenvalue weighted by Crippen LogP contribution is -2.38. The number of ether oxygens (including phenoxy) is 1. The Balaban J connectivity index is 1.65. The van der Waals surface area contributed by atoms with Crippen LogP contribution in [0, 0.1) is 5.92 Å². The van der Waals surface area contributed by atoms with Crippen molar-refractivity contribution in [3.63, 3.8) is 0 Å². The van der Waals surface area contributed by atoms with Crippen LogP contribution in [0.5, 0.6) is 0 Å². The lowest BCUT2D eigenvalue weighted by molar-refractivity contribution is 0.0352. The van der Waals surface area contributed by atoms with Crippen LogP contribution in [0.1, 0.15) is 25.7 Å². The van der Waals surface area contributed by atoms with Gasteiger partial charge in [0, 0.05) is 19.1 Å². The predicted molar refractivity (Wildman–Crippen MR) is 57.2 cm³/mol. The van der Waals surface area contributed by atoms with Crippen LogP contribution in [0.3, 0.4) is 0 Å². The minimum Gasteiger partial charge on any atom is -0.379 e. The fourth-order valence-corrected chi connectivity index (χ4v) is 2.60. The highest BCUT2D eigenvalue weighted by atomic mass is 16.5. The van der Waals surface area contributed by atoms with E-state index in [0.717, 1.165) is 32.2 Å². The van der Waals surface area contributed by atoms with Crippen molar-refractivity contribution in [1.82, 2.24) is 4.90 Å². The first-order valence-corrected chi connectivity index (χ1v) is 5.92. The van der Waals surface area contributed by atoms with Crippen LogP contribution in [0.25, 0.3) is 0 Å². The van der Waals surface area contributed by atoms with Gasteiger partial charge in [-0.25, -0.2) is 0 Å². The first-order chi connectivity index (χ1) is 6.86. The summed E-state index contributed by atoms with van der Waals surface area (Å²) < 4.78 is 5.33. The molecule has 2 fully saturated rings. The Morgan fingerprint density at radius 3 is 2.64 bits per heavy atom. The molecule has 2 atom stereocenters. The number of morpholine rings is 1. The largest absolute Gasteiger partial charge is 0.379 e. The third-order valence-corrected chi connectivity index (χ3v) is 3.64. The first kappa shape index (κ1) is 10.4. The monoisotopic (exact) mass is 198 g/mol. The Labute approximate surface area is 86.6 Å². The molecule has 1 saturated carbocycles. The summed E-state index contributed by atoms with van der Waals surface area (Å²) in [6.07, 6.45) is 5.23. The zero-order chi connectivity index (χ0) is 9.80. The molecule has 0 bridgehead atoms. The summed E-state index contributed by atoms with van der Waals surface area (Å²) in [6.45, 7) is 5.28. The lowest BCUT2D eigenvalue weighted by atomic mass is 10.00. The van der Waals surface area contributed by atoms with E-state index in [1.54, 1.807) is 0 Å². The van der Waals surface area contributed by atoms with Gasteiger partial charge in [-0.3, -0.25) is 4.90 Å². The second-order valence-corrected chi connectivity index (χ2v) is 4.60. The zero-order valence-electron chi connectivity index (χ0n) is 8.95. The van der Waals surface area contributed by atoms with Gasteiger partial charge in [0.15, 0.2) is 0 Å². The Morgan fingerprint density at radius 2 is 2.00 bits per heavy atom. The molecule has 0 aromatic rings. The SMILES string of the molecule is NC1CCCC1CCN1CCOCC1. The normalized spacial score (nSPS) is 34.9. The third kappa shape index (κ3) is 2.69. The van der Waals surface area contributed by atoms with E-state index < -0.39 is 0 Å². The minimum atomic E-state index is 0.482. The molecule has 3 heteroatoms. The average molecular weight is 198 g/mol. The maximum Gasteiger partial charge on any atom is 0.0594 e. The quantitative estimate of drug-likeness (QED) is 0.730. The molecular formula is C11H22N2O. The smallest absolute Gasteiger partial charge is 0.0594 e. The zero-order valence-corrected chi connectivity index (χ0v) is 8.95. The molecule has 2 aliphatic rings. The molecule has 2 rings (SSSR count). The van der Waals surface area contributed by atoms with E-state index in [4.69, 9.17) is 10.5 Å². The van der Waals surface area contributed by atoms with Gasteiger partial charge in [-0.2, -0.15) is 0 Å². The van der Waals surface area contributed by atoms with Crippen LogP contribution in [0.15, 0.2) is 0 Å². The highest BCUT2D eigenvalue weighted by Crippen LogP contribution is 2.26. The summed E-state index contributed by atoms with van der Waals surface area (Å²) in [5.74, 6) is 0.790. The van der Waals surface area contributed by atoms with Crippen LogP contribution < -0.4 is 5.73 Å². The Morgan fingerprint density at radius 1 is 1.21 bits per heavy atom. The molecule has 0 amide bonds. The highest BCUT2D eigenvalue weighted by Gasteiger charge is 2.24. The number of nitrogens with zero attached hydrogens (tertiary/aromatic N) is 1. The summed E-state index contributed by atoms with van der Waals surface area (Å²) in [5.41, 5.74) is 6.05. The molecule has 0 aromatic heterocycles. The van der Waals surface area contributed by atoms with Crippen molar-refractivity contribution in [2.45, 2.75) is 31.7 Å². The summed E-state index contributed by atoms with van der Waals surface area (Å²) in [6, 6.07) is 0.482. The van der Waals surface area contributed by atoms with E-state index in [1.807, 2.05) is 0 Å². The van der Waals surface area contributed by atoms with Crippen molar-refractivity contribution in [3.8, 4) is 0 Å². The van der Waals surface area contributed by atoms with Gasteiger partial charge in [0.05, 0.1) is 13.2 Å². The molecule has 2 N–H and O–H groups in total. The van der Waals surface area contributed by atoms with E-state index in [-0.39, 0.29) is 0 Å². The van der Waals surface area contributed by atoms with Gasteiger partial charge < -0.3 is 10.5 Å². The van der Waals surface area contributed by atoms with Gasteiger partial charge in [-0.15, -0.1) is 0 Å². The number of hydrogen-bond acceptors (Lipinski definition) is 3. The van der Waals surface area contributed by atoms with Gasteiger partial charge in [0.25, 0.3) is 0 Å². The number of nitrogens with two attached hydrogens (primary N) is 1. The second kappa shape index (κ2) is 5.10. The standard InChI is InChI=1S/C11H22N2O/c12-11-3-1-2-10(11)4-5-13-6-8-14-9-7-13/h10-11H,1-9,12H2. The molecule has 82 valence electrons. The number of rotatable bonds is 3. The van der Waals surface area contributed by atoms with E-state index in [1.165, 1.54) is 32.2 Å². The fraction of sp³-hybridized carbons (Fsp3) is 1.00. The molecule has 1 saturated heterocycles. The lowest BCUT2D eigenvalue weighted by Gasteiger charge is -2.28. The molecule has 3 nitrogen and oxygen atoms in total. The fourth-order valence-electron chi connectivity index (χ4n) is 2.60. The van der Waals surface area contributed by atoms with E-state index in [0.29, 0.717) is 6.04 Å². The van der Waals surface area contributed by atoms with Gasteiger partial charge in [0.1, 0.15) is 0 Å². The van der Waals surface area contributed by atoms with Crippen LogP contribution in [-0.4, -0.2) is 43.8 Å². The highest BCUT2D eigenvalue weighted by molar-refractivity contribution is 4.81. The third-order valence-electron chi connectivity index (χ3n) is 3.64. The van der Waals surface area contributed by atoms with E-state index >= 15 is 0 Å². The molecule has 14 heavy (non-hydrogen) atoms. The van der Waals surface area contributed by atoms with Crippen molar-refractivity contribution < 1.29 is 4.74 Å². The maximum atomic E-state index is 6.05. The molecule has 1 aliphatic heterocycles. The van der Waals surface area contributed by atoms with Crippen molar-refractivity contribution in [1.29, 1.82) is 0 Å². The molecule has 2 unspecified atom stereocenters. The molecule has 0 radical (unpaired) electrons. The van der Waals surface area contributed by atoms with Crippen LogP contribution in [-0.2, 0) is 4.74 Å². The Kier molecular flexibility index (Phi) is 3.79. The van der Waals surface area contributed by atoms with Crippen molar-refractivity contribution in [2.24, 2.45) is 11.7 Å². The van der Waals surface area contributed by atoms with E-state index in [9.17, 15) is 0 Å². The predicted octanol–water partition coefficient (Wildman–Crippen LogP) is 0.836. The van der Waals surface area contributed by atoms with Crippen molar-refractivity contribution in [2.75, 3.05) is 32.8 Å². The van der Waals surface area contributed by atoms with Crippen LogP contribution >= 0.6 is 0 Å². The average Bonchev–Trinajstić information content (AvgIpc) is 2.63. The summed E-state index contributed by atoms with van der Waals surface area (Å²) >= 11 is 0. The molecular weight excluding hydrogens is 176 g/mol. The first-order valence-electron chi connectivity index (χ1n) is 5.92. The molecule has 0 aromatic carbocycles. The molecule has 0 spiro atoms. The molecule has 1 aliphatic carbocycles.